The molecule has 1 aromatic carbocycles. The Labute approximate surface area is 154 Å². The number of anilines is 1. The molecule has 7 nitrogen and oxygen atoms in total. The molecule has 1 unspecified atom stereocenters. The van der Waals surface area contributed by atoms with Gasteiger partial charge in [0.2, 0.25) is 5.91 Å². The summed E-state index contributed by atoms with van der Waals surface area (Å²) in [6.45, 7) is 6.43. The normalized spacial score (nSPS) is 16.0. The first kappa shape index (κ1) is 20.2. The fraction of sp³-hybridized carbons (Fsp3) is 0.579. The number of hydrogen-bond acceptors (Lipinski definition) is 5. The van der Waals surface area contributed by atoms with Crippen molar-refractivity contribution in [2.45, 2.75) is 32.7 Å². The van der Waals surface area contributed by atoms with Crippen LogP contribution in [0.3, 0.4) is 0 Å². The minimum Gasteiger partial charge on any atom is -0.484 e. The molecule has 0 spiro atoms. The third kappa shape index (κ3) is 5.71. The highest BCUT2D eigenvalue weighted by Gasteiger charge is 2.26. The van der Waals surface area contributed by atoms with Crippen molar-refractivity contribution in [3.05, 3.63) is 24.3 Å². The maximum atomic E-state index is 12.4. The van der Waals surface area contributed by atoms with E-state index < -0.39 is 6.04 Å². The summed E-state index contributed by atoms with van der Waals surface area (Å²) in [5.74, 6) is 0.386. The molecule has 1 aliphatic heterocycles. The van der Waals surface area contributed by atoms with Gasteiger partial charge in [-0.3, -0.25) is 9.59 Å². The zero-order valence-electron chi connectivity index (χ0n) is 15.6. The topological polar surface area (TPSA) is 93.9 Å². The molecule has 1 atom stereocenters. The zero-order chi connectivity index (χ0) is 18.9. The van der Waals surface area contributed by atoms with Gasteiger partial charge in [-0.25, -0.2) is 0 Å². The molecule has 0 radical (unpaired) electrons. The molecule has 144 valence electrons. The van der Waals surface area contributed by atoms with Crippen molar-refractivity contribution < 1.29 is 19.1 Å². The Balaban J connectivity index is 1.89. The Morgan fingerprint density at radius 2 is 2.00 bits per heavy atom. The molecule has 3 N–H and O–H groups in total. The maximum Gasteiger partial charge on any atom is 0.260 e. The van der Waals surface area contributed by atoms with Gasteiger partial charge in [-0.05, 0) is 44.7 Å². The molecule has 1 aromatic rings. The van der Waals surface area contributed by atoms with E-state index in [1.807, 2.05) is 13.8 Å². The summed E-state index contributed by atoms with van der Waals surface area (Å²) in [5, 5.41) is 2.83. The lowest BCUT2D eigenvalue weighted by Gasteiger charge is -2.26. The molecule has 1 saturated heterocycles. The molecule has 26 heavy (non-hydrogen) atoms. The van der Waals surface area contributed by atoms with Crippen LogP contribution in [0.5, 0.6) is 5.75 Å². The molecule has 0 aromatic heterocycles. The molecule has 1 heterocycles. The lowest BCUT2D eigenvalue weighted by Crippen LogP contribution is -2.44. The van der Waals surface area contributed by atoms with Crippen LogP contribution in [0.4, 0.5) is 5.69 Å². The minimum atomic E-state index is -0.562. The molecule has 2 rings (SSSR count). The van der Waals surface area contributed by atoms with E-state index in [1.165, 1.54) is 0 Å². The number of likely N-dealkylation sites (N-methyl/N-ethyl adjacent to an activating group) is 1. The second kappa shape index (κ2) is 10.1. The van der Waals surface area contributed by atoms with Gasteiger partial charge in [-0.15, -0.1) is 0 Å². The third-order valence-electron chi connectivity index (χ3n) is 4.66. The van der Waals surface area contributed by atoms with Crippen molar-refractivity contribution in [3.8, 4) is 5.75 Å². The number of carbonyl (C=O) groups is 2. The SMILES string of the molecule is CCN(CC)C(=O)COc1cccc(NC(=O)C(N)C2CCOCC2)c1. The van der Waals surface area contributed by atoms with Crippen LogP contribution in [-0.2, 0) is 14.3 Å². The molecule has 2 amide bonds. The van der Waals surface area contributed by atoms with Crippen molar-refractivity contribution in [3.63, 3.8) is 0 Å². The van der Waals surface area contributed by atoms with Crippen molar-refractivity contribution >= 4 is 17.5 Å². The zero-order valence-corrected chi connectivity index (χ0v) is 15.6. The van der Waals surface area contributed by atoms with Crippen molar-refractivity contribution in [1.82, 2.24) is 4.90 Å². The summed E-state index contributed by atoms with van der Waals surface area (Å²) in [6.07, 6.45) is 1.59. The van der Waals surface area contributed by atoms with Crippen molar-refractivity contribution in [2.75, 3.05) is 38.2 Å². The highest BCUT2D eigenvalue weighted by Crippen LogP contribution is 2.21. The number of nitrogens with two attached hydrogens (primary N) is 1. The molecule has 0 saturated carbocycles. The second-order valence-corrected chi connectivity index (χ2v) is 6.35. The average Bonchev–Trinajstić information content (AvgIpc) is 2.67. The first-order chi connectivity index (χ1) is 12.5. The van der Waals surface area contributed by atoms with Crippen molar-refractivity contribution in [1.29, 1.82) is 0 Å². The predicted octanol–water partition coefficient (Wildman–Crippen LogP) is 1.63. The summed E-state index contributed by atoms with van der Waals surface area (Å²) in [5.41, 5.74) is 6.69. The number of benzene rings is 1. The van der Waals surface area contributed by atoms with E-state index in [4.69, 9.17) is 15.2 Å². The number of hydrogen-bond donors (Lipinski definition) is 2. The summed E-state index contributed by atoms with van der Waals surface area (Å²) in [4.78, 5) is 26.1. The van der Waals surface area contributed by atoms with Crippen LogP contribution in [0.15, 0.2) is 24.3 Å². The second-order valence-electron chi connectivity index (χ2n) is 6.35. The molecular formula is C19H29N3O4. The summed E-state index contributed by atoms with van der Waals surface area (Å²) in [7, 11) is 0. The molecule has 7 heteroatoms. The van der Waals surface area contributed by atoms with Gasteiger partial charge in [-0.1, -0.05) is 6.07 Å². The average molecular weight is 363 g/mol. The van der Waals surface area contributed by atoms with Crippen LogP contribution in [0.2, 0.25) is 0 Å². The smallest absolute Gasteiger partial charge is 0.260 e. The van der Waals surface area contributed by atoms with Gasteiger partial charge in [0.05, 0.1) is 6.04 Å². The number of ether oxygens (including phenoxy) is 2. The predicted molar refractivity (Wildman–Crippen MR) is 100 cm³/mol. The van der Waals surface area contributed by atoms with Gasteiger partial charge in [-0.2, -0.15) is 0 Å². The summed E-state index contributed by atoms with van der Waals surface area (Å²) in [6, 6.07) is 6.43. The molecule has 0 bridgehead atoms. The number of rotatable bonds is 8. The molecule has 1 fully saturated rings. The van der Waals surface area contributed by atoms with E-state index in [-0.39, 0.29) is 24.3 Å². The van der Waals surface area contributed by atoms with E-state index >= 15 is 0 Å². The van der Waals surface area contributed by atoms with Crippen LogP contribution in [0.25, 0.3) is 0 Å². The highest BCUT2D eigenvalue weighted by molar-refractivity contribution is 5.95. The van der Waals surface area contributed by atoms with Crippen LogP contribution >= 0.6 is 0 Å². The lowest BCUT2D eigenvalue weighted by molar-refractivity contribution is -0.133. The fourth-order valence-corrected chi connectivity index (χ4v) is 2.99. The third-order valence-corrected chi connectivity index (χ3v) is 4.66. The number of amides is 2. The van der Waals surface area contributed by atoms with E-state index in [1.54, 1.807) is 29.2 Å². The van der Waals surface area contributed by atoms with Crippen LogP contribution in [-0.4, -0.2) is 55.7 Å². The Morgan fingerprint density at radius 3 is 2.65 bits per heavy atom. The monoisotopic (exact) mass is 363 g/mol. The van der Waals surface area contributed by atoms with Gasteiger partial charge < -0.3 is 25.4 Å². The van der Waals surface area contributed by atoms with E-state index in [0.717, 1.165) is 12.8 Å². The molecule has 0 aliphatic carbocycles. The number of nitrogens with one attached hydrogen (secondary N) is 1. The molecular weight excluding hydrogens is 334 g/mol. The van der Waals surface area contributed by atoms with Gasteiger partial charge >= 0.3 is 0 Å². The van der Waals surface area contributed by atoms with Crippen LogP contribution < -0.4 is 15.8 Å². The maximum absolute atomic E-state index is 12.4. The Kier molecular flexibility index (Phi) is 7.87. The summed E-state index contributed by atoms with van der Waals surface area (Å²) < 4.78 is 10.9. The van der Waals surface area contributed by atoms with Gasteiger partial charge in [0.1, 0.15) is 5.75 Å². The number of nitrogens with zero attached hydrogens (tertiary/aromatic N) is 1. The van der Waals surface area contributed by atoms with Crippen LogP contribution in [0, 0.1) is 5.92 Å². The summed E-state index contributed by atoms with van der Waals surface area (Å²) >= 11 is 0. The Morgan fingerprint density at radius 1 is 1.31 bits per heavy atom. The van der Waals surface area contributed by atoms with Crippen molar-refractivity contribution in [2.24, 2.45) is 11.7 Å². The highest BCUT2D eigenvalue weighted by atomic mass is 16.5. The first-order valence-electron chi connectivity index (χ1n) is 9.20. The largest absolute Gasteiger partial charge is 0.484 e. The quantitative estimate of drug-likeness (QED) is 0.732. The first-order valence-corrected chi connectivity index (χ1v) is 9.20. The standard InChI is InChI=1S/C19H29N3O4/c1-3-22(4-2)17(23)13-26-16-7-5-6-15(12-16)21-19(24)18(20)14-8-10-25-11-9-14/h5-7,12,14,18H,3-4,8-11,13,20H2,1-2H3,(H,21,24). The van der Waals surface area contributed by atoms with Crippen LogP contribution in [0.1, 0.15) is 26.7 Å². The molecule has 1 aliphatic rings. The van der Waals surface area contributed by atoms with E-state index in [2.05, 4.69) is 5.32 Å². The number of carbonyl (C=O) groups excluding carboxylic acids is 2. The fourth-order valence-electron chi connectivity index (χ4n) is 2.99. The Hall–Kier alpha value is -2.12. The van der Waals surface area contributed by atoms with Gasteiger partial charge in [0, 0.05) is 38.1 Å². The lowest BCUT2D eigenvalue weighted by atomic mass is 9.92. The van der Waals surface area contributed by atoms with Gasteiger partial charge in [0.25, 0.3) is 5.91 Å². The van der Waals surface area contributed by atoms with Gasteiger partial charge in [0.15, 0.2) is 6.61 Å². The minimum absolute atomic E-state index is 0.0271. The Bertz CT molecular complexity index is 598. The van der Waals surface area contributed by atoms with E-state index in [9.17, 15) is 9.59 Å². The van der Waals surface area contributed by atoms with E-state index in [0.29, 0.717) is 37.7 Å².